The number of amides is 3. The average molecular weight is 803 g/mol. The Bertz CT molecular complexity index is 1460. The number of esters is 1. The van der Waals surface area contributed by atoms with E-state index >= 15 is 4.79 Å². The second kappa shape index (κ2) is 18.0. The van der Waals surface area contributed by atoms with Crippen molar-refractivity contribution in [1.82, 2.24) is 15.1 Å². The largest absolute Gasteiger partial charge is 0.455 e. The molecule has 53 heavy (non-hydrogen) atoms. The van der Waals surface area contributed by atoms with Gasteiger partial charge in [-0.05, 0) is 63.4 Å². The van der Waals surface area contributed by atoms with Gasteiger partial charge in [-0.15, -0.1) is 13.2 Å². The number of nitrogens with one attached hydrogen (secondary N) is 1. The number of nitrogens with zero attached hydrogens (tertiary/aromatic N) is 2. The van der Waals surface area contributed by atoms with Crippen molar-refractivity contribution in [2.75, 3.05) is 33.4 Å². The summed E-state index contributed by atoms with van der Waals surface area (Å²) in [6.07, 6.45) is 5.25. The standard InChI is InChI=1S/C41H60BrN3O8/c1-9-11-20-30(47)43-29(25-51-8)33(27-18-14-12-15-19-27)52-38(50)31-32-36(48)44(22-16-13-17-23-46)35(41(32)24-28(42)34(31)53-41)37(49)45(21-10-2)40(6,7)26-39(3,4)5/h9-10,12,14-15,18-19,28-29,31-35,46H,1-2,11,13,16-17,20-26H2,3-8H3,(H,43,47)/t28?,29-,31+,32-,33-,34+,35+,41-/m1/s1. The lowest BCUT2D eigenvalue weighted by Gasteiger charge is -2.45. The van der Waals surface area contributed by atoms with Crippen LogP contribution < -0.4 is 5.32 Å². The molecule has 3 heterocycles. The third kappa shape index (κ3) is 9.43. The van der Waals surface area contributed by atoms with Gasteiger partial charge in [0.15, 0.2) is 0 Å². The summed E-state index contributed by atoms with van der Waals surface area (Å²) in [6, 6.07) is 7.43. The number of aliphatic hydroxyl groups is 1. The molecule has 1 spiro atoms. The summed E-state index contributed by atoms with van der Waals surface area (Å²) >= 11 is 3.78. The van der Waals surface area contributed by atoms with E-state index in [0.717, 1.165) is 0 Å². The Labute approximate surface area is 324 Å². The molecule has 2 bridgehead atoms. The molecule has 3 aliphatic rings. The molecule has 8 atom stereocenters. The highest BCUT2D eigenvalue weighted by Gasteiger charge is 2.77. The van der Waals surface area contributed by atoms with Crippen LogP contribution in [-0.2, 0) is 33.4 Å². The molecule has 0 aromatic heterocycles. The third-order valence-corrected chi connectivity index (χ3v) is 11.5. The van der Waals surface area contributed by atoms with E-state index < -0.39 is 53.2 Å². The fourth-order valence-corrected chi connectivity index (χ4v) is 9.86. The Hall–Kier alpha value is -3.06. The zero-order valence-electron chi connectivity index (χ0n) is 32.4. The normalized spacial score (nSPS) is 26.2. The molecular formula is C41H60BrN3O8. The number of fused-ring (bicyclic) bond motifs is 1. The third-order valence-electron chi connectivity index (χ3n) is 10.6. The number of benzene rings is 1. The molecule has 3 amide bonds. The van der Waals surface area contributed by atoms with E-state index in [0.29, 0.717) is 44.1 Å². The van der Waals surface area contributed by atoms with Crippen molar-refractivity contribution < 1.29 is 38.5 Å². The number of unbranched alkanes of at least 4 members (excludes halogenated alkanes) is 2. The van der Waals surface area contributed by atoms with E-state index in [1.165, 1.54) is 7.11 Å². The molecular weight excluding hydrogens is 742 g/mol. The second-order valence-corrected chi connectivity index (χ2v) is 17.7. The van der Waals surface area contributed by atoms with Gasteiger partial charge in [0.2, 0.25) is 17.7 Å². The van der Waals surface area contributed by atoms with E-state index in [1.807, 2.05) is 49.1 Å². The first-order valence-electron chi connectivity index (χ1n) is 18.9. The number of methoxy groups -OCH3 is 1. The van der Waals surface area contributed by atoms with E-state index in [4.69, 9.17) is 14.2 Å². The monoisotopic (exact) mass is 801 g/mol. The highest BCUT2D eigenvalue weighted by Crippen LogP contribution is 2.61. The Balaban J connectivity index is 1.75. The minimum atomic E-state index is -1.28. The molecule has 12 heteroatoms. The van der Waals surface area contributed by atoms with E-state index in [-0.39, 0.29) is 60.7 Å². The number of ether oxygens (including phenoxy) is 3. The molecule has 1 aromatic carbocycles. The summed E-state index contributed by atoms with van der Waals surface area (Å²) in [6.45, 7) is 18.8. The van der Waals surface area contributed by atoms with Crippen LogP contribution in [0.3, 0.4) is 0 Å². The Morgan fingerprint density at radius 3 is 2.43 bits per heavy atom. The molecule has 4 rings (SSSR count). The van der Waals surface area contributed by atoms with E-state index in [1.54, 1.807) is 17.1 Å². The van der Waals surface area contributed by atoms with Crippen LogP contribution >= 0.6 is 15.9 Å². The summed E-state index contributed by atoms with van der Waals surface area (Å²) < 4.78 is 18.7. The van der Waals surface area contributed by atoms with Crippen molar-refractivity contribution in [3.05, 3.63) is 61.2 Å². The van der Waals surface area contributed by atoms with Gasteiger partial charge in [-0.25, -0.2) is 0 Å². The summed E-state index contributed by atoms with van der Waals surface area (Å²) in [5.41, 5.74) is -1.32. The van der Waals surface area contributed by atoms with Gasteiger partial charge in [-0.2, -0.15) is 0 Å². The molecule has 3 aliphatic heterocycles. The lowest BCUT2D eigenvalue weighted by atomic mass is 9.70. The number of alkyl halides is 1. The van der Waals surface area contributed by atoms with E-state index in [9.17, 15) is 19.5 Å². The fraction of sp³-hybridized carbons (Fsp3) is 0.659. The van der Waals surface area contributed by atoms with Crippen LogP contribution in [0.25, 0.3) is 0 Å². The van der Waals surface area contributed by atoms with Crippen molar-refractivity contribution in [3.8, 4) is 0 Å². The first-order chi connectivity index (χ1) is 25.1. The van der Waals surface area contributed by atoms with Crippen LogP contribution in [0.5, 0.6) is 0 Å². The summed E-state index contributed by atoms with van der Waals surface area (Å²) in [5.74, 6) is -3.41. The number of hydrogen-bond acceptors (Lipinski definition) is 8. The number of carbonyl (C=O) groups is 4. The van der Waals surface area contributed by atoms with Gasteiger partial charge in [0.05, 0.1) is 30.6 Å². The number of rotatable bonds is 20. The highest BCUT2D eigenvalue weighted by molar-refractivity contribution is 9.09. The fourth-order valence-electron chi connectivity index (χ4n) is 8.92. The zero-order valence-corrected chi connectivity index (χ0v) is 33.9. The Kier molecular flexibility index (Phi) is 14.5. The van der Waals surface area contributed by atoms with Gasteiger partial charge in [0.25, 0.3) is 0 Å². The second-order valence-electron chi connectivity index (χ2n) is 16.5. The van der Waals surface area contributed by atoms with Crippen LogP contribution in [0.1, 0.15) is 91.2 Å². The summed E-state index contributed by atoms with van der Waals surface area (Å²) in [4.78, 5) is 60.5. The summed E-state index contributed by atoms with van der Waals surface area (Å²) in [7, 11) is 1.51. The quantitative estimate of drug-likeness (QED) is 0.0764. The van der Waals surface area contributed by atoms with Crippen molar-refractivity contribution in [3.63, 3.8) is 0 Å². The molecule has 2 N–H and O–H groups in total. The number of likely N-dealkylation sites (tertiary alicyclic amines) is 1. The molecule has 1 aromatic rings. The SMILES string of the molecule is C=CCCC(=O)N[C@H](COC)[C@H](OC(=O)[C@@H]1[C@H]2O[C@@]3(CC2Br)[C@H](C(=O)N(CC=C)C(C)(C)CC(C)(C)C)N(CCCCCO)C(=O)[C@@H]13)c1ccccc1. The molecule has 0 aliphatic carbocycles. The Morgan fingerprint density at radius 2 is 1.83 bits per heavy atom. The van der Waals surface area contributed by atoms with Gasteiger partial charge in [0.1, 0.15) is 17.7 Å². The first-order valence-corrected chi connectivity index (χ1v) is 19.8. The molecule has 1 unspecified atom stereocenters. The minimum Gasteiger partial charge on any atom is -0.455 e. The van der Waals surface area contributed by atoms with Crippen molar-refractivity contribution in [2.24, 2.45) is 17.3 Å². The van der Waals surface area contributed by atoms with Gasteiger partial charge in [-0.3, -0.25) is 19.2 Å². The molecule has 294 valence electrons. The highest BCUT2D eigenvalue weighted by atomic mass is 79.9. The molecule has 0 radical (unpaired) electrons. The topological polar surface area (TPSA) is 135 Å². The molecule has 3 fully saturated rings. The predicted molar refractivity (Wildman–Crippen MR) is 207 cm³/mol. The minimum absolute atomic E-state index is 0.0301. The average Bonchev–Trinajstić information content (AvgIpc) is 3.68. The van der Waals surface area contributed by atoms with Crippen LogP contribution in [-0.4, -0.2) is 106 Å². The Morgan fingerprint density at radius 1 is 1.13 bits per heavy atom. The summed E-state index contributed by atoms with van der Waals surface area (Å²) in [5, 5.41) is 12.4. The molecule has 11 nitrogen and oxygen atoms in total. The number of halogens is 1. The first kappa shape index (κ1) is 42.7. The van der Waals surface area contributed by atoms with Gasteiger partial charge in [-0.1, -0.05) is 79.2 Å². The van der Waals surface area contributed by atoms with Crippen LogP contribution in [0.2, 0.25) is 0 Å². The van der Waals surface area contributed by atoms with Crippen LogP contribution in [0, 0.1) is 17.3 Å². The molecule has 3 saturated heterocycles. The molecule has 0 saturated carbocycles. The predicted octanol–water partition coefficient (Wildman–Crippen LogP) is 5.51. The van der Waals surface area contributed by atoms with Crippen molar-refractivity contribution >= 4 is 39.6 Å². The maximum Gasteiger partial charge on any atom is 0.313 e. The lowest BCUT2D eigenvalue weighted by Crippen LogP contribution is -2.61. The maximum atomic E-state index is 15.1. The maximum absolute atomic E-state index is 15.1. The van der Waals surface area contributed by atoms with Gasteiger partial charge < -0.3 is 34.4 Å². The van der Waals surface area contributed by atoms with Crippen LogP contribution in [0.4, 0.5) is 0 Å². The lowest BCUT2D eigenvalue weighted by molar-refractivity contribution is -0.163. The van der Waals surface area contributed by atoms with E-state index in [2.05, 4.69) is 55.2 Å². The number of allylic oxidation sites excluding steroid dienone is 1. The van der Waals surface area contributed by atoms with Crippen molar-refractivity contribution in [1.29, 1.82) is 0 Å². The number of hydrogen-bond donors (Lipinski definition) is 2. The van der Waals surface area contributed by atoms with Gasteiger partial charge >= 0.3 is 5.97 Å². The number of aliphatic hydroxyl groups excluding tert-OH is 1. The zero-order chi connectivity index (χ0) is 39.1. The van der Waals surface area contributed by atoms with Crippen LogP contribution in [0.15, 0.2) is 55.6 Å². The van der Waals surface area contributed by atoms with Crippen molar-refractivity contribution in [2.45, 2.75) is 120 Å². The van der Waals surface area contributed by atoms with Gasteiger partial charge in [0, 0.05) is 43.6 Å². The smallest absolute Gasteiger partial charge is 0.313 e. The number of carbonyl (C=O) groups excluding carboxylic acids is 4.